The zero-order valence-electron chi connectivity index (χ0n) is 12.6. The number of benzene rings is 1. The number of pyridine rings is 1. The van der Waals surface area contributed by atoms with Crippen LogP contribution in [0.15, 0.2) is 42.5 Å². The Morgan fingerprint density at radius 1 is 1.26 bits per heavy atom. The molecule has 0 radical (unpaired) electrons. The van der Waals surface area contributed by atoms with Crippen LogP contribution in [0.5, 0.6) is 0 Å². The molecule has 1 fully saturated rings. The van der Waals surface area contributed by atoms with Crippen molar-refractivity contribution in [2.24, 2.45) is 5.92 Å². The molecule has 1 aliphatic heterocycles. The molecule has 1 aromatic carbocycles. The highest BCUT2D eigenvalue weighted by molar-refractivity contribution is 6.33. The number of carbonyl (C=O) groups is 2. The van der Waals surface area contributed by atoms with Crippen molar-refractivity contribution in [3.8, 4) is 0 Å². The Morgan fingerprint density at radius 3 is 2.78 bits per heavy atom. The zero-order valence-corrected chi connectivity index (χ0v) is 13.4. The van der Waals surface area contributed by atoms with Gasteiger partial charge in [-0.25, -0.2) is 4.98 Å². The van der Waals surface area contributed by atoms with E-state index in [0.717, 1.165) is 5.69 Å². The Balaban J connectivity index is 1.72. The molecular weight excluding hydrogens is 314 g/mol. The molecule has 0 unspecified atom stereocenters. The number of nitrogens with one attached hydrogen (secondary N) is 1. The molecule has 0 saturated carbocycles. The maximum atomic E-state index is 12.4. The number of hydrogen-bond donors (Lipinski definition) is 1. The molecule has 6 heteroatoms. The number of para-hydroxylation sites is 1. The standard InChI is InChI=1S/C17H16ClN3O2/c1-11-5-4-8-15(19-11)20-17(23)12-9-16(22)21(10-12)14-7-3-2-6-13(14)18/h2-8,12H,9-10H2,1H3,(H,19,20,23)/t12-/m1/s1. The van der Waals surface area contributed by atoms with Gasteiger partial charge < -0.3 is 10.2 Å². The Bertz CT molecular complexity index is 763. The number of aryl methyl sites for hydroxylation is 1. The van der Waals surface area contributed by atoms with Gasteiger partial charge in [-0.3, -0.25) is 9.59 Å². The third-order valence-corrected chi connectivity index (χ3v) is 4.10. The Labute approximate surface area is 139 Å². The summed E-state index contributed by atoms with van der Waals surface area (Å²) in [7, 11) is 0. The largest absolute Gasteiger partial charge is 0.310 e. The average Bonchev–Trinajstić information content (AvgIpc) is 2.90. The van der Waals surface area contributed by atoms with E-state index in [4.69, 9.17) is 11.6 Å². The van der Waals surface area contributed by atoms with Gasteiger partial charge in [-0.2, -0.15) is 0 Å². The number of halogens is 1. The van der Waals surface area contributed by atoms with Crippen molar-refractivity contribution in [1.82, 2.24) is 4.98 Å². The minimum atomic E-state index is -0.416. The van der Waals surface area contributed by atoms with Crippen LogP contribution in [-0.2, 0) is 9.59 Å². The predicted octanol–water partition coefficient (Wildman–Crippen LogP) is 3.04. The molecule has 2 heterocycles. The van der Waals surface area contributed by atoms with E-state index in [-0.39, 0.29) is 18.2 Å². The highest BCUT2D eigenvalue weighted by Gasteiger charge is 2.35. The van der Waals surface area contributed by atoms with Crippen LogP contribution in [-0.4, -0.2) is 23.3 Å². The van der Waals surface area contributed by atoms with Crippen molar-refractivity contribution in [2.75, 3.05) is 16.8 Å². The Kier molecular flexibility index (Phi) is 4.30. The van der Waals surface area contributed by atoms with E-state index in [1.54, 1.807) is 29.2 Å². The van der Waals surface area contributed by atoms with Crippen LogP contribution in [0.2, 0.25) is 5.02 Å². The first-order valence-electron chi connectivity index (χ1n) is 7.34. The summed E-state index contributed by atoms with van der Waals surface area (Å²) in [6, 6.07) is 12.5. The molecule has 0 aliphatic carbocycles. The summed E-state index contributed by atoms with van der Waals surface area (Å²) in [5, 5.41) is 3.27. The zero-order chi connectivity index (χ0) is 16.4. The second kappa shape index (κ2) is 6.38. The van der Waals surface area contributed by atoms with Crippen molar-refractivity contribution in [3.63, 3.8) is 0 Å². The fourth-order valence-corrected chi connectivity index (χ4v) is 2.87. The van der Waals surface area contributed by atoms with Gasteiger partial charge in [0.2, 0.25) is 11.8 Å². The minimum absolute atomic E-state index is 0.101. The number of amides is 2. The van der Waals surface area contributed by atoms with Gasteiger partial charge in [0.05, 0.1) is 16.6 Å². The highest BCUT2D eigenvalue weighted by Crippen LogP contribution is 2.31. The van der Waals surface area contributed by atoms with Crippen LogP contribution >= 0.6 is 11.6 Å². The first-order valence-corrected chi connectivity index (χ1v) is 7.72. The SMILES string of the molecule is Cc1cccc(NC(=O)[C@@H]2CC(=O)N(c3ccccc3Cl)C2)n1. The molecule has 0 bridgehead atoms. The van der Waals surface area contributed by atoms with Crippen molar-refractivity contribution < 1.29 is 9.59 Å². The second-order valence-corrected chi connectivity index (χ2v) is 5.92. The van der Waals surface area contributed by atoms with Crippen LogP contribution in [0.1, 0.15) is 12.1 Å². The molecule has 2 amide bonds. The maximum absolute atomic E-state index is 12.4. The first-order chi connectivity index (χ1) is 11.0. The van der Waals surface area contributed by atoms with E-state index in [0.29, 0.717) is 23.1 Å². The average molecular weight is 330 g/mol. The van der Waals surface area contributed by atoms with E-state index in [2.05, 4.69) is 10.3 Å². The summed E-state index contributed by atoms with van der Waals surface area (Å²) >= 11 is 6.14. The summed E-state index contributed by atoms with van der Waals surface area (Å²) in [5.74, 6) is -0.221. The van der Waals surface area contributed by atoms with E-state index >= 15 is 0 Å². The van der Waals surface area contributed by atoms with Gasteiger partial charge >= 0.3 is 0 Å². The molecule has 1 aromatic heterocycles. The summed E-state index contributed by atoms with van der Waals surface area (Å²) in [6.45, 7) is 2.17. The van der Waals surface area contributed by atoms with Crippen LogP contribution in [0, 0.1) is 12.8 Å². The number of hydrogen-bond acceptors (Lipinski definition) is 3. The molecule has 1 N–H and O–H groups in total. The normalized spacial score (nSPS) is 17.4. The van der Waals surface area contributed by atoms with E-state index in [9.17, 15) is 9.59 Å². The van der Waals surface area contributed by atoms with Gasteiger partial charge in [0.1, 0.15) is 5.82 Å². The number of rotatable bonds is 3. The monoisotopic (exact) mass is 329 g/mol. The lowest BCUT2D eigenvalue weighted by Crippen LogP contribution is -2.28. The van der Waals surface area contributed by atoms with E-state index in [1.165, 1.54) is 0 Å². The maximum Gasteiger partial charge on any atom is 0.230 e. The van der Waals surface area contributed by atoms with Gasteiger partial charge in [-0.05, 0) is 31.2 Å². The van der Waals surface area contributed by atoms with Crippen molar-refractivity contribution in [1.29, 1.82) is 0 Å². The van der Waals surface area contributed by atoms with E-state index < -0.39 is 5.92 Å². The van der Waals surface area contributed by atoms with Crippen molar-refractivity contribution >= 4 is 34.9 Å². The quantitative estimate of drug-likeness (QED) is 0.941. The molecule has 118 valence electrons. The Hall–Kier alpha value is -2.40. The van der Waals surface area contributed by atoms with Crippen LogP contribution in [0.25, 0.3) is 0 Å². The van der Waals surface area contributed by atoms with Crippen LogP contribution in [0.4, 0.5) is 11.5 Å². The second-order valence-electron chi connectivity index (χ2n) is 5.51. The lowest BCUT2D eigenvalue weighted by molar-refractivity contribution is -0.122. The molecule has 5 nitrogen and oxygen atoms in total. The topological polar surface area (TPSA) is 62.3 Å². The smallest absolute Gasteiger partial charge is 0.230 e. The fourth-order valence-electron chi connectivity index (χ4n) is 2.63. The summed E-state index contributed by atoms with van der Waals surface area (Å²) < 4.78 is 0. The summed E-state index contributed by atoms with van der Waals surface area (Å²) in [6.07, 6.45) is 0.170. The lowest BCUT2D eigenvalue weighted by atomic mass is 10.1. The Morgan fingerprint density at radius 2 is 2.04 bits per heavy atom. The molecule has 1 aliphatic rings. The number of aromatic nitrogens is 1. The fraction of sp³-hybridized carbons (Fsp3) is 0.235. The number of carbonyl (C=O) groups excluding carboxylic acids is 2. The molecule has 3 rings (SSSR count). The highest BCUT2D eigenvalue weighted by atomic mass is 35.5. The van der Waals surface area contributed by atoms with Gasteiger partial charge in [0.25, 0.3) is 0 Å². The van der Waals surface area contributed by atoms with Gasteiger partial charge in [-0.15, -0.1) is 0 Å². The number of anilines is 2. The minimum Gasteiger partial charge on any atom is -0.310 e. The van der Waals surface area contributed by atoms with Gasteiger partial charge in [-0.1, -0.05) is 29.8 Å². The molecule has 1 saturated heterocycles. The van der Waals surface area contributed by atoms with Crippen molar-refractivity contribution in [3.05, 3.63) is 53.2 Å². The van der Waals surface area contributed by atoms with E-state index in [1.807, 2.05) is 25.1 Å². The van der Waals surface area contributed by atoms with Gasteiger partial charge in [0.15, 0.2) is 0 Å². The third kappa shape index (κ3) is 3.35. The summed E-state index contributed by atoms with van der Waals surface area (Å²) in [4.78, 5) is 30.4. The third-order valence-electron chi connectivity index (χ3n) is 3.78. The molecule has 23 heavy (non-hydrogen) atoms. The van der Waals surface area contributed by atoms with Crippen molar-refractivity contribution in [2.45, 2.75) is 13.3 Å². The lowest BCUT2D eigenvalue weighted by Gasteiger charge is -2.18. The first kappa shape index (κ1) is 15.5. The molecule has 1 atom stereocenters. The molecular formula is C17H16ClN3O2. The number of nitrogens with zero attached hydrogens (tertiary/aromatic N) is 2. The van der Waals surface area contributed by atoms with Crippen LogP contribution < -0.4 is 10.2 Å². The predicted molar refractivity (Wildman–Crippen MR) is 89.5 cm³/mol. The summed E-state index contributed by atoms with van der Waals surface area (Å²) in [5.41, 5.74) is 1.46. The molecule has 0 spiro atoms. The van der Waals surface area contributed by atoms with Gasteiger partial charge in [0, 0.05) is 18.7 Å². The van der Waals surface area contributed by atoms with Crippen LogP contribution in [0.3, 0.4) is 0 Å². The molecule has 2 aromatic rings.